The van der Waals surface area contributed by atoms with Gasteiger partial charge >= 0.3 is 0 Å². The molecule has 0 aromatic heterocycles. The quantitative estimate of drug-likeness (QED) is 0.412. The van der Waals surface area contributed by atoms with E-state index >= 15 is 0 Å². The third kappa shape index (κ3) is 1.88. The van der Waals surface area contributed by atoms with E-state index in [1.54, 1.807) is 0 Å². The Labute approximate surface area is 75.3 Å². The molecule has 0 unspecified atom stereocenters. The Hall–Kier alpha value is -0.770. The summed E-state index contributed by atoms with van der Waals surface area (Å²) in [5, 5.41) is 0. The highest BCUT2D eigenvalue weighted by molar-refractivity contribution is 5.08. The lowest BCUT2D eigenvalue weighted by Gasteiger charge is -2.26. The first kappa shape index (κ1) is 9.32. The highest BCUT2D eigenvalue weighted by Gasteiger charge is 2.35. The molecule has 0 heterocycles. The minimum Gasteiger partial charge on any atom is -0.311 e. The third-order valence-corrected chi connectivity index (χ3v) is 2.93. The van der Waals surface area contributed by atoms with Crippen LogP contribution in [-0.2, 0) is 0 Å². The van der Waals surface area contributed by atoms with Crippen LogP contribution in [0.1, 0.15) is 40.0 Å². The van der Waals surface area contributed by atoms with Gasteiger partial charge < -0.3 is 4.85 Å². The molecule has 1 aliphatic rings. The molecule has 0 saturated carbocycles. The summed E-state index contributed by atoms with van der Waals surface area (Å²) in [5.74, 6) is 0.568. The lowest BCUT2D eigenvalue weighted by molar-refractivity contribution is 0.339. The summed E-state index contributed by atoms with van der Waals surface area (Å²) in [5.41, 5.74) is 1.34. The molecule has 0 aliphatic heterocycles. The van der Waals surface area contributed by atoms with Crippen molar-refractivity contribution in [3.8, 4) is 0 Å². The molecule has 0 aromatic carbocycles. The van der Waals surface area contributed by atoms with E-state index in [9.17, 15) is 0 Å². The number of allylic oxidation sites excluding steroid dienone is 2. The Balaban J connectivity index is 2.64. The van der Waals surface area contributed by atoms with Gasteiger partial charge in [0, 0.05) is 19.8 Å². The van der Waals surface area contributed by atoms with Gasteiger partial charge in [0.1, 0.15) is 0 Å². The van der Waals surface area contributed by atoms with Crippen LogP contribution in [0.2, 0.25) is 0 Å². The SMILES string of the molecule is [C-]#[N+]C(C)(C)[C@@H]1CC=C(C)CC1. The Morgan fingerprint density at radius 2 is 2.25 bits per heavy atom. The van der Waals surface area contributed by atoms with Gasteiger partial charge in [0.05, 0.1) is 0 Å². The molecule has 1 heteroatoms. The Kier molecular flexibility index (Phi) is 2.57. The van der Waals surface area contributed by atoms with E-state index in [0.29, 0.717) is 5.92 Å². The average Bonchev–Trinajstić information content (AvgIpc) is 2.05. The van der Waals surface area contributed by atoms with E-state index in [0.717, 1.165) is 6.42 Å². The van der Waals surface area contributed by atoms with Crippen molar-refractivity contribution in [3.63, 3.8) is 0 Å². The van der Waals surface area contributed by atoms with Crippen molar-refractivity contribution in [1.82, 2.24) is 0 Å². The van der Waals surface area contributed by atoms with Gasteiger partial charge in [-0.2, -0.15) is 0 Å². The molecule has 0 fully saturated rings. The number of hydrogen-bond acceptors (Lipinski definition) is 0. The molecule has 1 nitrogen and oxygen atoms in total. The van der Waals surface area contributed by atoms with Crippen LogP contribution in [-0.4, -0.2) is 5.54 Å². The van der Waals surface area contributed by atoms with Crippen LogP contribution in [0.15, 0.2) is 11.6 Å². The Morgan fingerprint density at radius 1 is 1.58 bits per heavy atom. The first-order chi connectivity index (χ1) is 5.56. The zero-order valence-electron chi connectivity index (χ0n) is 8.22. The topological polar surface area (TPSA) is 4.36 Å². The fraction of sp³-hybridized carbons (Fsp3) is 0.727. The van der Waals surface area contributed by atoms with Crippen LogP contribution >= 0.6 is 0 Å². The highest BCUT2D eigenvalue weighted by Crippen LogP contribution is 2.33. The fourth-order valence-electron chi connectivity index (χ4n) is 1.70. The van der Waals surface area contributed by atoms with Crippen LogP contribution in [0, 0.1) is 12.5 Å². The zero-order chi connectivity index (χ0) is 9.19. The van der Waals surface area contributed by atoms with Gasteiger partial charge in [0.15, 0.2) is 0 Å². The zero-order valence-corrected chi connectivity index (χ0v) is 8.22. The number of rotatable bonds is 1. The van der Waals surface area contributed by atoms with E-state index < -0.39 is 0 Å². The van der Waals surface area contributed by atoms with Gasteiger partial charge in [-0.05, 0) is 26.2 Å². The molecule has 0 bridgehead atoms. The second kappa shape index (κ2) is 3.31. The largest absolute Gasteiger partial charge is 0.311 e. The van der Waals surface area contributed by atoms with Crippen molar-refractivity contribution in [3.05, 3.63) is 23.1 Å². The van der Waals surface area contributed by atoms with E-state index in [4.69, 9.17) is 6.57 Å². The molecule has 1 aliphatic carbocycles. The van der Waals surface area contributed by atoms with Crippen molar-refractivity contribution in [2.45, 2.75) is 45.6 Å². The normalized spacial score (nSPS) is 24.5. The molecular weight excluding hydrogens is 146 g/mol. The molecular formula is C11H17N. The second-order valence-electron chi connectivity index (χ2n) is 4.29. The van der Waals surface area contributed by atoms with Gasteiger partial charge in [0.25, 0.3) is 0 Å². The number of nitrogens with zero attached hydrogens (tertiary/aromatic N) is 1. The molecule has 0 spiro atoms. The van der Waals surface area contributed by atoms with Crippen molar-refractivity contribution < 1.29 is 0 Å². The van der Waals surface area contributed by atoms with Gasteiger partial charge in [-0.1, -0.05) is 11.6 Å². The van der Waals surface area contributed by atoms with Crippen molar-refractivity contribution in [2.75, 3.05) is 0 Å². The molecule has 0 saturated heterocycles. The predicted molar refractivity (Wildman–Crippen MR) is 51.8 cm³/mol. The first-order valence-electron chi connectivity index (χ1n) is 4.60. The smallest absolute Gasteiger partial charge is 0.230 e. The van der Waals surface area contributed by atoms with E-state index in [2.05, 4.69) is 31.7 Å². The summed E-state index contributed by atoms with van der Waals surface area (Å²) in [6.45, 7) is 13.4. The molecule has 0 N–H and O–H groups in total. The van der Waals surface area contributed by atoms with Crippen LogP contribution < -0.4 is 0 Å². The summed E-state index contributed by atoms with van der Waals surface area (Å²) in [6, 6.07) is 0. The molecule has 0 aromatic rings. The maximum Gasteiger partial charge on any atom is 0.230 e. The Morgan fingerprint density at radius 3 is 2.67 bits per heavy atom. The minimum atomic E-state index is -0.156. The van der Waals surface area contributed by atoms with Gasteiger partial charge in [-0.15, -0.1) is 0 Å². The molecule has 1 atom stereocenters. The fourth-order valence-corrected chi connectivity index (χ4v) is 1.70. The number of hydrogen-bond donors (Lipinski definition) is 0. The monoisotopic (exact) mass is 163 g/mol. The van der Waals surface area contributed by atoms with Crippen LogP contribution in [0.5, 0.6) is 0 Å². The molecule has 12 heavy (non-hydrogen) atoms. The molecule has 1 rings (SSSR count). The summed E-state index contributed by atoms with van der Waals surface area (Å²) < 4.78 is 0. The second-order valence-corrected chi connectivity index (χ2v) is 4.29. The summed E-state index contributed by atoms with van der Waals surface area (Å²) in [6.07, 6.45) is 5.77. The summed E-state index contributed by atoms with van der Waals surface area (Å²) >= 11 is 0. The Bertz CT molecular complexity index is 230. The van der Waals surface area contributed by atoms with Gasteiger partial charge in [0.2, 0.25) is 5.54 Å². The maximum absolute atomic E-state index is 7.10. The minimum absolute atomic E-state index is 0.156. The molecule has 0 amide bonds. The van der Waals surface area contributed by atoms with E-state index in [1.165, 1.54) is 18.4 Å². The van der Waals surface area contributed by atoms with Crippen LogP contribution in [0.25, 0.3) is 4.85 Å². The van der Waals surface area contributed by atoms with Crippen molar-refractivity contribution in [1.29, 1.82) is 0 Å². The standard InChI is InChI=1S/C11H17N/c1-9-5-7-10(8-6-9)11(2,3)12-4/h5,10H,6-8H2,1-3H3/t10-/m1/s1. The lowest BCUT2D eigenvalue weighted by atomic mass is 9.78. The molecule has 66 valence electrons. The van der Waals surface area contributed by atoms with Crippen LogP contribution in [0.4, 0.5) is 0 Å². The highest BCUT2D eigenvalue weighted by atomic mass is 14.8. The van der Waals surface area contributed by atoms with Gasteiger partial charge in [-0.25, -0.2) is 6.57 Å². The molecule has 0 radical (unpaired) electrons. The summed E-state index contributed by atoms with van der Waals surface area (Å²) in [7, 11) is 0. The third-order valence-electron chi connectivity index (χ3n) is 2.93. The maximum atomic E-state index is 7.10. The van der Waals surface area contributed by atoms with E-state index in [-0.39, 0.29) is 5.54 Å². The summed E-state index contributed by atoms with van der Waals surface area (Å²) in [4.78, 5) is 3.69. The van der Waals surface area contributed by atoms with Gasteiger partial charge in [-0.3, -0.25) is 0 Å². The first-order valence-corrected chi connectivity index (χ1v) is 4.60. The lowest BCUT2D eigenvalue weighted by Crippen LogP contribution is -2.28. The van der Waals surface area contributed by atoms with Crippen molar-refractivity contribution in [2.24, 2.45) is 5.92 Å². The van der Waals surface area contributed by atoms with Crippen LogP contribution in [0.3, 0.4) is 0 Å². The van der Waals surface area contributed by atoms with E-state index in [1.807, 2.05) is 0 Å². The average molecular weight is 163 g/mol. The van der Waals surface area contributed by atoms with Crippen molar-refractivity contribution >= 4 is 0 Å². The predicted octanol–water partition coefficient (Wildman–Crippen LogP) is 3.43.